The highest BCUT2D eigenvalue weighted by atomic mass is 35.5. The van der Waals surface area contributed by atoms with E-state index in [0.717, 1.165) is 25.0 Å². The van der Waals surface area contributed by atoms with Gasteiger partial charge in [-0.2, -0.15) is 4.31 Å². The molecule has 3 nitrogen and oxygen atoms in total. The molecule has 3 rings (SSSR count). The molecule has 0 radical (unpaired) electrons. The number of nitrogens with zero attached hydrogens (tertiary/aromatic N) is 1. The third kappa shape index (κ3) is 4.56. The van der Waals surface area contributed by atoms with E-state index in [2.05, 4.69) is 6.92 Å². The van der Waals surface area contributed by atoms with Gasteiger partial charge in [-0.05, 0) is 55.0 Å². The first-order chi connectivity index (χ1) is 13.2. The first kappa shape index (κ1) is 21.2. The molecule has 1 aliphatic rings. The molecule has 2 aromatic rings. The van der Waals surface area contributed by atoms with E-state index in [4.69, 9.17) is 11.6 Å². The van der Waals surface area contributed by atoms with Gasteiger partial charge in [-0.1, -0.05) is 37.9 Å². The summed E-state index contributed by atoms with van der Waals surface area (Å²) in [6.07, 6.45) is 2.65. The zero-order chi connectivity index (χ0) is 20.5. The van der Waals surface area contributed by atoms with Gasteiger partial charge in [0, 0.05) is 29.2 Å². The molecule has 0 N–H and O–H groups in total. The standard InChI is InChI=1S/C21H24ClF2NO2S/c1-14-3-4-15(2)21(11-14)25(13-16-5-8-18(23)12-20(16)24)28(26,27)19-9-6-17(22)7-10-19/h5-10,12,14-15,21H,3-4,11,13H2,1-2H3. The van der Waals surface area contributed by atoms with Crippen LogP contribution in [0.3, 0.4) is 0 Å². The third-order valence-corrected chi connectivity index (χ3v) is 7.68. The van der Waals surface area contributed by atoms with Gasteiger partial charge in [0.2, 0.25) is 10.0 Å². The second-order valence-corrected chi connectivity index (χ2v) is 10.0. The number of benzene rings is 2. The van der Waals surface area contributed by atoms with Crippen molar-refractivity contribution in [3.8, 4) is 0 Å². The molecule has 1 saturated carbocycles. The molecule has 0 bridgehead atoms. The summed E-state index contributed by atoms with van der Waals surface area (Å²) >= 11 is 5.90. The summed E-state index contributed by atoms with van der Waals surface area (Å²) in [6, 6.07) is 8.97. The topological polar surface area (TPSA) is 37.4 Å². The number of halogens is 3. The van der Waals surface area contributed by atoms with Crippen molar-refractivity contribution in [2.24, 2.45) is 11.8 Å². The molecule has 0 heterocycles. The lowest BCUT2D eigenvalue weighted by Gasteiger charge is -2.40. The maximum absolute atomic E-state index is 14.3. The van der Waals surface area contributed by atoms with Gasteiger partial charge in [-0.3, -0.25) is 0 Å². The summed E-state index contributed by atoms with van der Waals surface area (Å²) in [4.78, 5) is 0.116. The van der Waals surface area contributed by atoms with E-state index in [1.165, 1.54) is 34.6 Å². The number of rotatable bonds is 5. The fourth-order valence-corrected chi connectivity index (χ4v) is 5.68. The van der Waals surface area contributed by atoms with E-state index >= 15 is 0 Å². The first-order valence-electron chi connectivity index (χ1n) is 9.40. The molecule has 7 heteroatoms. The molecule has 1 aliphatic carbocycles. The molecule has 1 fully saturated rings. The number of hydrogen-bond donors (Lipinski definition) is 0. The highest BCUT2D eigenvalue weighted by Crippen LogP contribution is 2.36. The Kier molecular flexibility index (Phi) is 6.42. The van der Waals surface area contributed by atoms with Gasteiger partial charge in [0.25, 0.3) is 0 Å². The predicted octanol–water partition coefficient (Wildman–Crippen LogP) is 5.63. The minimum absolute atomic E-state index is 0.116. The van der Waals surface area contributed by atoms with Crippen molar-refractivity contribution in [2.45, 2.75) is 50.6 Å². The van der Waals surface area contributed by atoms with Crippen molar-refractivity contribution < 1.29 is 17.2 Å². The molecule has 0 aliphatic heterocycles. The van der Waals surface area contributed by atoms with Crippen LogP contribution in [0, 0.1) is 23.5 Å². The van der Waals surface area contributed by atoms with Gasteiger partial charge in [0.1, 0.15) is 11.6 Å². The normalized spacial score (nSPS) is 23.1. The summed E-state index contributed by atoms with van der Waals surface area (Å²) < 4.78 is 55.9. The fourth-order valence-electron chi connectivity index (χ4n) is 3.84. The van der Waals surface area contributed by atoms with Gasteiger partial charge in [0.05, 0.1) is 4.90 Å². The van der Waals surface area contributed by atoms with Crippen molar-refractivity contribution in [3.05, 3.63) is 64.7 Å². The van der Waals surface area contributed by atoms with Crippen LogP contribution in [0.15, 0.2) is 47.4 Å². The lowest BCUT2D eigenvalue weighted by molar-refractivity contribution is 0.152. The first-order valence-corrected chi connectivity index (χ1v) is 11.2. The van der Waals surface area contributed by atoms with Crippen LogP contribution in [0.5, 0.6) is 0 Å². The Morgan fingerprint density at radius 2 is 1.75 bits per heavy atom. The SMILES string of the molecule is CC1CCC(C)C(N(Cc2ccc(F)cc2F)S(=O)(=O)c2ccc(Cl)cc2)C1. The van der Waals surface area contributed by atoms with Crippen molar-refractivity contribution >= 4 is 21.6 Å². The second kappa shape index (κ2) is 8.47. The average Bonchev–Trinajstić information content (AvgIpc) is 2.63. The Labute approximate surface area is 170 Å². The van der Waals surface area contributed by atoms with Gasteiger partial charge in [-0.15, -0.1) is 0 Å². The van der Waals surface area contributed by atoms with E-state index < -0.39 is 21.7 Å². The highest BCUT2D eigenvalue weighted by Gasteiger charge is 2.38. The van der Waals surface area contributed by atoms with Gasteiger partial charge in [-0.25, -0.2) is 17.2 Å². The lowest BCUT2D eigenvalue weighted by atomic mass is 9.80. The average molecular weight is 428 g/mol. The van der Waals surface area contributed by atoms with E-state index in [9.17, 15) is 17.2 Å². The third-order valence-electron chi connectivity index (χ3n) is 5.55. The van der Waals surface area contributed by atoms with Crippen LogP contribution < -0.4 is 0 Å². The number of hydrogen-bond acceptors (Lipinski definition) is 2. The lowest BCUT2D eigenvalue weighted by Crippen LogP contribution is -2.46. The minimum Gasteiger partial charge on any atom is -0.207 e. The summed E-state index contributed by atoms with van der Waals surface area (Å²) in [5, 5.41) is 0.440. The van der Waals surface area contributed by atoms with E-state index in [-0.39, 0.29) is 29.0 Å². The largest absolute Gasteiger partial charge is 0.243 e. The maximum Gasteiger partial charge on any atom is 0.243 e. The zero-order valence-corrected chi connectivity index (χ0v) is 17.5. The van der Waals surface area contributed by atoms with Crippen LogP contribution in [-0.4, -0.2) is 18.8 Å². The van der Waals surface area contributed by atoms with Crippen molar-refractivity contribution in [1.82, 2.24) is 4.31 Å². The van der Waals surface area contributed by atoms with Crippen LogP contribution in [-0.2, 0) is 16.6 Å². The fraction of sp³-hybridized carbons (Fsp3) is 0.429. The molecular weight excluding hydrogens is 404 g/mol. The quantitative estimate of drug-likeness (QED) is 0.619. The Bertz CT molecular complexity index is 934. The van der Waals surface area contributed by atoms with Crippen LogP contribution in [0.25, 0.3) is 0 Å². The molecule has 2 aromatic carbocycles. The van der Waals surface area contributed by atoms with Crippen molar-refractivity contribution in [2.75, 3.05) is 0 Å². The van der Waals surface area contributed by atoms with Crippen LogP contribution >= 0.6 is 11.6 Å². The van der Waals surface area contributed by atoms with E-state index in [0.29, 0.717) is 17.4 Å². The Morgan fingerprint density at radius 3 is 2.39 bits per heavy atom. The van der Waals surface area contributed by atoms with Gasteiger partial charge >= 0.3 is 0 Å². The van der Waals surface area contributed by atoms with Crippen molar-refractivity contribution in [3.63, 3.8) is 0 Å². The van der Waals surface area contributed by atoms with E-state index in [1.54, 1.807) is 0 Å². The summed E-state index contributed by atoms with van der Waals surface area (Å²) in [5.41, 5.74) is 0.157. The molecule has 0 spiro atoms. The molecular formula is C21H24ClF2NO2S. The monoisotopic (exact) mass is 427 g/mol. The number of sulfonamides is 1. The molecule has 0 aromatic heterocycles. The predicted molar refractivity (Wildman–Crippen MR) is 107 cm³/mol. The summed E-state index contributed by atoms with van der Waals surface area (Å²) in [7, 11) is -3.88. The minimum atomic E-state index is -3.88. The smallest absolute Gasteiger partial charge is 0.207 e. The van der Waals surface area contributed by atoms with Gasteiger partial charge < -0.3 is 0 Å². The van der Waals surface area contributed by atoms with Gasteiger partial charge in [0.15, 0.2) is 0 Å². The Hall–Kier alpha value is -1.50. The molecule has 3 unspecified atom stereocenters. The molecule has 0 amide bonds. The molecule has 152 valence electrons. The molecule has 0 saturated heterocycles. The summed E-state index contributed by atoms with van der Waals surface area (Å²) in [5.74, 6) is -0.912. The Balaban J connectivity index is 2.04. The maximum atomic E-state index is 14.3. The molecule has 28 heavy (non-hydrogen) atoms. The van der Waals surface area contributed by atoms with Crippen LogP contribution in [0.4, 0.5) is 8.78 Å². The summed E-state index contributed by atoms with van der Waals surface area (Å²) in [6.45, 7) is 3.99. The highest BCUT2D eigenvalue weighted by molar-refractivity contribution is 7.89. The van der Waals surface area contributed by atoms with Crippen LogP contribution in [0.2, 0.25) is 5.02 Å². The molecule has 3 atom stereocenters. The second-order valence-electron chi connectivity index (χ2n) is 7.70. The zero-order valence-electron chi connectivity index (χ0n) is 15.9. The van der Waals surface area contributed by atoms with Crippen molar-refractivity contribution in [1.29, 1.82) is 0 Å². The van der Waals surface area contributed by atoms with E-state index in [1.807, 2.05) is 6.92 Å². The van der Waals surface area contributed by atoms with Crippen LogP contribution in [0.1, 0.15) is 38.7 Å². The Morgan fingerprint density at radius 1 is 1.07 bits per heavy atom.